The second-order valence-corrected chi connectivity index (χ2v) is 4.32. The summed E-state index contributed by atoms with van der Waals surface area (Å²) in [5.41, 5.74) is 5.86. The Kier molecular flexibility index (Phi) is 4.70. The van der Waals surface area contributed by atoms with Crippen molar-refractivity contribution >= 4 is 11.7 Å². The molecule has 104 valence electrons. The Morgan fingerprint density at radius 3 is 2.84 bits per heavy atom. The first-order chi connectivity index (χ1) is 9.16. The van der Waals surface area contributed by atoms with Crippen molar-refractivity contribution in [1.82, 2.24) is 4.90 Å². The molecule has 6 heteroatoms. The van der Waals surface area contributed by atoms with Crippen molar-refractivity contribution in [2.24, 2.45) is 0 Å². The van der Waals surface area contributed by atoms with E-state index in [-0.39, 0.29) is 17.9 Å². The van der Waals surface area contributed by atoms with Gasteiger partial charge in [-0.2, -0.15) is 0 Å². The molecule has 0 amide bonds. The monoisotopic (exact) mass is 268 g/mol. The molecule has 0 aromatic heterocycles. The van der Waals surface area contributed by atoms with Gasteiger partial charge in [-0.15, -0.1) is 0 Å². The number of halogens is 1. The topological polar surface area (TPSA) is 64.8 Å². The van der Waals surface area contributed by atoms with Crippen LogP contribution in [0, 0.1) is 5.82 Å². The van der Waals surface area contributed by atoms with Crippen molar-refractivity contribution in [2.45, 2.75) is 0 Å². The summed E-state index contributed by atoms with van der Waals surface area (Å²) in [7, 11) is 0. The Morgan fingerprint density at radius 2 is 2.16 bits per heavy atom. The first-order valence-corrected chi connectivity index (χ1v) is 6.19. The highest BCUT2D eigenvalue weighted by Crippen LogP contribution is 2.14. The predicted molar refractivity (Wildman–Crippen MR) is 68.4 cm³/mol. The molecule has 5 nitrogen and oxygen atoms in total. The average Bonchev–Trinajstić information content (AvgIpc) is 2.39. The van der Waals surface area contributed by atoms with Crippen LogP contribution in [0.3, 0.4) is 0 Å². The third-order valence-corrected chi connectivity index (χ3v) is 2.98. The number of ether oxygens (including phenoxy) is 2. The number of hydrogen-bond donors (Lipinski definition) is 1. The zero-order valence-electron chi connectivity index (χ0n) is 10.6. The largest absolute Gasteiger partial charge is 0.461 e. The summed E-state index contributed by atoms with van der Waals surface area (Å²) in [5, 5.41) is 0. The maximum Gasteiger partial charge on any atom is 0.340 e. The van der Waals surface area contributed by atoms with Crippen LogP contribution in [-0.2, 0) is 9.47 Å². The van der Waals surface area contributed by atoms with Crippen LogP contribution in [0.15, 0.2) is 18.2 Å². The Labute approximate surface area is 111 Å². The molecular formula is C13H17FN2O3. The SMILES string of the molecule is Nc1cc(F)ccc1C(=O)OCCN1CCOCC1. The summed E-state index contributed by atoms with van der Waals surface area (Å²) < 4.78 is 23.2. The number of carbonyl (C=O) groups excluding carboxylic acids is 1. The highest BCUT2D eigenvalue weighted by atomic mass is 19.1. The van der Waals surface area contributed by atoms with E-state index in [0.717, 1.165) is 19.2 Å². The van der Waals surface area contributed by atoms with Crippen molar-refractivity contribution in [3.05, 3.63) is 29.6 Å². The molecule has 1 aliphatic rings. The number of morpholine rings is 1. The molecule has 0 unspecified atom stereocenters. The van der Waals surface area contributed by atoms with E-state index in [2.05, 4.69) is 4.90 Å². The average molecular weight is 268 g/mol. The second kappa shape index (κ2) is 6.49. The van der Waals surface area contributed by atoms with Gasteiger partial charge in [0.05, 0.1) is 18.8 Å². The van der Waals surface area contributed by atoms with Crippen LogP contribution in [0.1, 0.15) is 10.4 Å². The van der Waals surface area contributed by atoms with Gasteiger partial charge >= 0.3 is 5.97 Å². The minimum absolute atomic E-state index is 0.0939. The number of esters is 1. The van der Waals surface area contributed by atoms with Crippen molar-refractivity contribution in [2.75, 3.05) is 45.2 Å². The lowest BCUT2D eigenvalue weighted by Crippen LogP contribution is -2.38. The second-order valence-electron chi connectivity index (χ2n) is 4.32. The molecule has 0 radical (unpaired) electrons. The van der Waals surface area contributed by atoms with E-state index in [9.17, 15) is 9.18 Å². The van der Waals surface area contributed by atoms with Crippen LogP contribution in [-0.4, -0.2) is 50.3 Å². The van der Waals surface area contributed by atoms with E-state index in [4.69, 9.17) is 15.2 Å². The Morgan fingerprint density at radius 1 is 1.42 bits per heavy atom. The molecule has 0 spiro atoms. The molecule has 1 aromatic carbocycles. The van der Waals surface area contributed by atoms with Gasteiger partial charge in [0, 0.05) is 25.3 Å². The zero-order chi connectivity index (χ0) is 13.7. The molecule has 1 aromatic rings. The van der Waals surface area contributed by atoms with Gasteiger partial charge in [0.1, 0.15) is 12.4 Å². The smallest absolute Gasteiger partial charge is 0.340 e. The van der Waals surface area contributed by atoms with Crippen molar-refractivity contribution in [1.29, 1.82) is 0 Å². The van der Waals surface area contributed by atoms with E-state index in [0.29, 0.717) is 19.8 Å². The van der Waals surface area contributed by atoms with Gasteiger partial charge in [0.15, 0.2) is 0 Å². The Hall–Kier alpha value is -1.66. The van der Waals surface area contributed by atoms with Gasteiger partial charge in [-0.3, -0.25) is 4.90 Å². The predicted octanol–water partition coefficient (Wildman–Crippen LogP) is 0.897. The summed E-state index contributed by atoms with van der Waals surface area (Å²) in [5.74, 6) is -0.992. The molecule has 1 saturated heterocycles. The van der Waals surface area contributed by atoms with Crippen LogP contribution >= 0.6 is 0 Å². The summed E-state index contributed by atoms with van der Waals surface area (Å²) in [4.78, 5) is 13.9. The lowest BCUT2D eigenvalue weighted by atomic mass is 10.2. The molecule has 19 heavy (non-hydrogen) atoms. The quantitative estimate of drug-likeness (QED) is 0.649. The van der Waals surface area contributed by atoms with Crippen LogP contribution in [0.25, 0.3) is 0 Å². The van der Waals surface area contributed by atoms with Crippen molar-refractivity contribution in [3.8, 4) is 0 Å². The minimum Gasteiger partial charge on any atom is -0.461 e. The molecule has 0 saturated carbocycles. The summed E-state index contributed by atoms with van der Waals surface area (Å²) >= 11 is 0. The van der Waals surface area contributed by atoms with Crippen LogP contribution in [0.4, 0.5) is 10.1 Å². The molecule has 1 aliphatic heterocycles. The highest BCUT2D eigenvalue weighted by Gasteiger charge is 2.14. The first-order valence-electron chi connectivity index (χ1n) is 6.19. The maximum atomic E-state index is 12.9. The van der Waals surface area contributed by atoms with Crippen LogP contribution in [0.5, 0.6) is 0 Å². The molecule has 0 atom stereocenters. The number of benzene rings is 1. The molecule has 0 bridgehead atoms. The van der Waals surface area contributed by atoms with Gasteiger partial charge in [-0.05, 0) is 18.2 Å². The van der Waals surface area contributed by atoms with Gasteiger partial charge in [-0.1, -0.05) is 0 Å². The Balaban J connectivity index is 1.80. The normalized spacial score (nSPS) is 16.3. The van der Waals surface area contributed by atoms with Gasteiger partial charge in [0.25, 0.3) is 0 Å². The first kappa shape index (κ1) is 13.8. The van der Waals surface area contributed by atoms with E-state index in [1.807, 2.05) is 0 Å². The standard InChI is InChI=1S/C13H17FN2O3/c14-10-1-2-11(12(15)9-10)13(17)19-8-5-16-3-6-18-7-4-16/h1-2,9H,3-8,15H2. The highest BCUT2D eigenvalue weighted by molar-refractivity contribution is 5.94. The molecule has 2 N–H and O–H groups in total. The number of carbonyl (C=O) groups is 1. The van der Waals surface area contributed by atoms with Gasteiger partial charge in [-0.25, -0.2) is 9.18 Å². The number of nitrogens with zero attached hydrogens (tertiary/aromatic N) is 1. The number of nitrogen functional groups attached to an aromatic ring is 1. The van der Waals surface area contributed by atoms with Crippen LogP contribution in [0.2, 0.25) is 0 Å². The third-order valence-electron chi connectivity index (χ3n) is 2.98. The number of anilines is 1. The van der Waals surface area contributed by atoms with E-state index in [1.165, 1.54) is 12.1 Å². The lowest BCUT2D eigenvalue weighted by molar-refractivity contribution is 0.0196. The third kappa shape index (κ3) is 3.90. The number of hydrogen-bond acceptors (Lipinski definition) is 5. The van der Waals surface area contributed by atoms with E-state index in [1.54, 1.807) is 0 Å². The van der Waals surface area contributed by atoms with Crippen LogP contribution < -0.4 is 5.73 Å². The molecule has 1 fully saturated rings. The zero-order valence-corrected chi connectivity index (χ0v) is 10.6. The van der Waals surface area contributed by atoms with Gasteiger partial charge < -0.3 is 15.2 Å². The Bertz CT molecular complexity index is 448. The molecular weight excluding hydrogens is 251 g/mol. The maximum absolute atomic E-state index is 12.9. The van der Waals surface area contributed by atoms with E-state index >= 15 is 0 Å². The van der Waals surface area contributed by atoms with Crippen molar-refractivity contribution < 1.29 is 18.7 Å². The fourth-order valence-electron chi connectivity index (χ4n) is 1.89. The summed E-state index contributed by atoms with van der Waals surface area (Å²) in [6.45, 7) is 4.05. The molecule has 1 heterocycles. The fourth-order valence-corrected chi connectivity index (χ4v) is 1.89. The van der Waals surface area contributed by atoms with Crippen molar-refractivity contribution in [3.63, 3.8) is 0 Å². The lowest BCUT2D eigenvalue weighted by Gasteiger charge is -2.26. The van der Waals surface area contributed by atoms with E-state index < -0.39 is 11.8 Å². The minimum atomic E-state index is -0.522. The summed E-state index contributed by atoms with van der Waals surface area (Å²) in [6.07, 6.45) is 0. The number of nitrogens with two attached hydrogens (primary N) is 1. The molecule has 2 rings (SSSR count). The number of rotatable bonds is 4. The fraction of sp³-hybridized carbons (Fsp3) is 0.462. The van der Waals surface area contributed by atoms with Gasteiger partial charge in [0.2, 0.25) is 0 Å². The summed E-state index contributed by atoms with van der Waals surface area (Å²) in [6, 6.07) is 3.63. The molecule has 0 aliphatic carbocycles.